The molecule has 0 fully saturated rings. The molecule has 2 rings (SSSR count). The Kier molecular flexibility index (Phi) is 3.24. The van der Waals surface area contributed by atoms with E-state index in [4.69, 9.17) is 5.14 Å². The largest absolute Gasteiger partial charge is 0.254 e. The molecular formula is C14H14NO2S. The molecule has 0 aromatic heterocycles. The SMILES string of the molecule is Cc1ccc(-c2cc(C)ccc2S([NH])(=O)=O)cc1. The van der Waals surface area contributed by atoms with E-state index in [0.717, 1.165) is 16.7 Å². The lowest BCUT2D eigenvalue weighted by Gasteiger charge is -2.09. The first-order valence-corrected chi connectivity index (χ1v) is 7.03. The van der Waals surface area contributed by atoms with E-state index in [1.54, 1.807) is 12.1 Å². The monoisotopic (exact) mass is 260 g/mol. The summed E-state index contributed by atoms with van der Waals surface area (Å²) < 4.78 is 22.9. The van der Waals surface area contributed by atoms with Crippen molar-refractivity contribution in [3.05, 3.63) is 53.6 Å². The lowest BCUT2D eigenvalue weighted by Crippen LogP contribution is -2.03. The number of benzene rings is 2. The fraction of sp³-hybridized carbons (Fsp3) is 0.143. The fourth-order valence-electron chi connectivity index (χ4n) is 1.84. The number of hydrogen-bond donors (Lipinski definition) is 0. The Labute approximate surface area is 107 Å². The summed E-state index contributed by atoms with van der Waals surface area (Å²) in [6.45, 7) is 3.88. The van der Waals surface area contributed by atoms with Crippen molar-refractivity contribution < 1.29 is 8.42 Å². The molecule has 4 heteroatoms. The van der Waals surface area contributed by atoms with Gasteiger partial charge in [0.25, 0.3) is 10.0 Å². The van der Waals surface area contributed by atoms with Gasteiger partial charge in [0.1, 0.15) is 0 Å². The standard InChI is InChI=1S/C14H14NO2S/c1-10-3-6-12(7-4-10)13-9-11(2)5-8-14(13)18(15,16)17/h3-9,15H,1-2H3. The van der Waals surface area contributed by atoms with Crippen LogP contribution in [0.3, 0.4) is 0 Å². The Hall–Kier alpha value is -1.65. The first kappa shape index (κ1) is 12.8. The molecule has 0 aliphatic carbocycles. The predicted molar refractivity (Wildman–Crippen MR) is 71.6 cm³/mol. The van der Waals surface area contributed by atoms with Crippen molar-refractivity contribution in [1.29, 1.82) is 0 Å². The minimum absolute atomic E-state index is 0.0527. The highest BCUT2D eigenvalue weighted by molar-refractivity contribution is 7.89. The third kappa shape index (κ3) is 2.60. The Bertz CT molecular complexity index is 673. The zero-order chi connectivity index (χ0) is 13.3. The van der Waals surface area contributed by atoms with Crippen molar-refractivity contribution >= 4 is 10.0 Å². The van der Waals surface area contributed by atoms with Gasteiger partial charge in [0.2, 0.25) is 0 Å². The molecule has 1 N–H and O–H groups in total. The summed E-state index contributed by atoms with van der Waals surface area (Å²) in [5.74, 6) is 0. The van der Waals surface area contributed by atoms with E-state index in [2.05, 4.69) is 0 Å². The summed E-state index contributed by atoms with van der Waals surface area (Å²) in [6, 6.07) is 12.6. The minimum atomic E-state index is -3.96. The molecule has 3 nitrogen and oxygen atoms in total. The van der Waals surface area contributed by atoms with Crippen LogP contribution in [0.4, 0.5) is 0 Å². The van der Waals surface area contributed by atoms with Crippen LogP contribution in [-0.4, -0.2) is 8.42 Å². The normalized spacial score (nSPS) is 11.5. The lowest BCUT2D eigenvalue weighted by molar-refractivity contribution is 0.596. The average molecular weight is 260 g/mol. The van der Waals surface area contributed by atoms with Crippen molar-refractivity contribution in [2.45, 2.75) is 18.7 Å². The molecular weight excluding hydrogens is 246 g/mol. The van der Waals surface area contributed by atoms with Gasteiger partial charge < -0.3 is 0 Å². The molecule has 2 aromatic rings. The highest BCUT2D eigenvalue weighted by atomic mass is 32.2. The van der Waals surface area contributed by atoms with Gasteiger partial charge in [-0.15, -0.1) is 5.14 Å². The van der Waals surface area contributed by atoms with Crippen molar-refractivity contribution in [2.24, 2.45) is 0 Å². The maximum absolute atomic E-state index is 11.5. The van der Waals surface area contributed by atoms with Crippen LogP contribution in [0, 0.1) is 13.8 Å². The quantitative estimate of drug-likeness (QED) is 0.833. The van der Waals surface area contributed by atoms with E-state index in [-0.39, 0.29) is 4.90 Å². The van der Waals surface area contributed by atoms with Crippen molar-refractivity contribution in [3.63, 3.8) is 0 Å². The summed E-state index contributed by atoms with van der Waals surface area (Å²) >= 11 is 0. The molecule has 0 amide bonds. The molecule has 0 heterocycles. The molecule has 18 heavy (non-hydrogen) atoms. The van der Waals surface area contributed by atoms with E-state index < -0.39 is 10.0 Å². The number of nitrogens with one attached hydrogen (secondary N) is 1. The number of rotatable bonds is 2. The fourth-order valence-corrected chi connectivity index (χ4v) is 2.55. The van der Waals surface area contributed by atoms with Crippen LogP contribution in [0.1, 0.15) is 11.1 Å². The topological polar surface area (TPSA) is 57.9 Å². The van der Waals surface area contributed by atoms with Crippen LogP contribution in [0.5, 0.6) is 0 Å². The Morgan fingerprint density at radius 3 is 2.00 bits per heavy atom. The lowest BCUT2D eigenvalue weighted by atomic mass is 10.0. The van der Waals surface area contributed by atoms with Gasteiger partial charge in [0.05, 0.1) is 4.90 Å². The second-order valence-corrected chi connectivity index (χ2v) is 5.82. The minimum Gasteiger partial charge on any atom is -0.206 e. The van der Waals surface area contributed by atoms with Gasteiger partial charge in [0.15, 0.2) is 0 Å². The Morgan fingerprint density at radius 1 is 0.889 bits per heavy atom. The highest BCUT2D eigenvalue weighted by Gasteiger charge is 2.15. The van der Waals surface area contributed by atoms with Crippen LogP contribution in [0.25, 0.3) is 11.1 Å². The van der Waals surface area contributed by atoms with Gasteiger partial charge in [-0.05, 0) is 25.5 Å². The van der Waals surface area contributed by atoms with Crippen LogP contribution >= 0.6 is 0 Å². The van der Waals surface area contributed by atoms with E-state index in [1.165, 1.54) is 6.07 Å². The summed E-state index contributed by atoms with van der Waals surface area (Å²) in [6.07, 6.45) is 0. The molecule has 0 aliphatic rings. The first-order valence-electron chi connectivity index (χ1n) is 5.55. The Morgan fingerprint density at radius 2 is 1.44 bits per heavy atom. The van der Waals surface area contributed by atoms with Gasteiger partial charge >= 0.3 is 0 Å². The molecule has 93 valence electrons. The third-order valence-electron chi connectivity index (χ3n) is 2.79. The van der Waals surface area contributed by atoms with Gasteiger partial charge in [-0.25, -0.2) is 8.42 Å². The van der Waals surface area contributed by atoms with Crippen molar-refractivity contribution in [3.8, 4) is 11.1 Å². The molecule has 0 bridgehead atoms. The second-order valence-electron chi connectivity index (χ2n) is 4.37. The van der Waals surface area contributed by atoms with Crippen molar-refractivity contribution in [2.75, 3.05) is 0 Å². The van der Waals surface area contributed by atoms with Gasteiger partial charge in [-0.2, -0.15) is 0 Å². The number of aryl methyl sites for hydroxylation is 2. The summed E-state index contributed by atoms with van der Waals surface area (Å²) in [5.41, 5.74) is 3.49. The van der Waals surface area contributed by atoms with Crippen LogP contribution < -0.4 is 5.14 Å². The molecule has 2 aromatic carbocycles. The predicted octanol–water partition coefficient (Wildman–Crippen LogP) is 2.94. The maximum Gasteiger partial charge on any atom is 0.254 e. The number of hydrogen-bond acceptors (Lipinski definition) is 2. The van der Waals surface area contributed by atoms with E-state index in [0.29, 0.717) is 5.56 Å². The summed E-state index contributed by atoms with van der Waals surface area (Å²) in [4.78, 5) is 0.0527. The van der Waals surface area contributed by atoms with Crippen LogP contribution in [-0.2, 0) is 10.0 Å². The van der Waals surface area contributed by atoms with Gasteiger partial charge in [-0.1, -0.05) is 47.5 Å². The Balaban J connectivity index is 2.69. The maximum atomic E-state index is 11.5. The van der Waals surface area contributed by atoms with Crippen LogP contribution in [0.15, 0.2) is 47.4 Å². The van der Waals surface area contributed by atoms with Gasteiger partial charge in [-0.3, -0.25) is 0 Å². The summed E-state index contributed by atoms with van der Waals surface area (Å²) in [7, 11) is -3.96. The smallest absolute Gasteiger partial charge is 0.206 e. The molecule has 0 atom stereocenters. The average Bonchev–Trinajstić information content (AvgIpc) is 2.28. The summed E-state index contributed by atoms with van der Waals surface area (Å²) in [5, 5.41) is 7.25. The van der Waals surface area contributed by atoms with E-state index in [1.807, 2.05) is 38.1 Å². The van der Waals surface area contributed by atoms with Crippen LogP contribution in [0.2, 0.25) is 0 Å². The molecule has 1 radical (unpaired) electrons. The second kappa shape index (κ2) is 4.55. The van der Waals surface area contributed by atoms with Gasteiger partial charge in [0, 0.05) is 5.56 Å². The molecule has 0 saturated heterocycles. The first-order chi connectivity index (χ1) is 8.38. The van der Waals surface area contributed by atoms with E-state index >= 15 is 0 Å². The molecule has 0 spiro atoms. The zero-order valence-corrected chi connectivity index (χ0v) is 11.1. The zero-order valence-electron chi connectivity index (χ0n) is 10.3. The molecule has 0 aliphatic heterocycles. The highest BCUT2D eigenvalue weighted by Crippen LogP contribution is 2.28. The van der Waals surface area contributed by atoms with Crippen molar-refractivity contribution in [1.82, 2.24) is 5.14 Å². The van der Waals surface area contributed by atoms with E-state index in [9.17, 15) is 8.42 Å². The molecule has 0 saturated carbocycles. The molecule has 0 unspecified atom stereocenters. The third-order valence-corrected chi connectivity index (χ3v) is 3.72. The number of sulfonamides is 1.